The normalized spacial score (nSPS) is 9.80. The van der Waals surface area contributed by atoms with E-state index in [1.165, 1.54) is 13.2 Å². The number of nitrogens with zero attached hydrogens (tertiary/aromatic N) is 1. The quantitative estimate of drug-likeness (QED) is 0.791. The van der Waals surface area contributed by atoms with Crippen LogP contribution in [0.3, 0.4) is 0 Å². The molecule has 15 heavy (non-hydrogen) atoms. The Hall–Kier alpha value is -0.680. The number of ether oxygens (including phenoxy) is 1. The number of hydrogen-bond donors (Lipinski definition) is 0. The van der Waals surface area contributed by atoms with Crippen LogP contribution in [-0.4, -0.2) is 12.1 Å². The number of methoxy groups -OCH3 is 1. The van der Waals surface area contributed by atoms with Gasteiger partial charge in [0, 0.05) is 16.1 Å². The average Bonchev–Trinajstić information content (AvgIpc) is 2.18. The van der Waals surface area contributed by atoms with E-state index >= 15 is 0 Å². The standard InChI is InChI=1S/C10H7BrFNO.BrH/c1-14-10-8(12)5-7(11)6-3-2-4-13-9(6)10;/h2-5H,1H3;1H. The van der Waals surface area contributed by atoms with Crippen LogP contribution in [0.25, 0.3) is 10.9 Å². The van der Waals surface area contributed by atoms with Crippen LogP contribution in [0.4, 0.5) is 4.39 Å². The van der Waals surface area contributed by atoms with Crippen LogP contribution >= 0.6 is 32.9 Å². The third-order valence-electron chi connectivity index (χ3n) is 1.95. The van der Waals surface area contributed by atoms with Crippen molar-refractivity contribution in [3.8, 4) is 5.75 Å². The van der Waals surface area contributed by atoms with Crippen molar-refractivity contribution >= 4 is 43.8 Å². The van der Waals surface area contributed by atoms with E-state index in [1.54, 1.807) is 12.3 Å². The van der Waals surface area contributed by atoms with Gasteiger partial charge in [-0.3, -0.25) is 4.98 Å². The van der Waals surface area contributed by atoms with E-state index in [-0.39, 0.29) is 22.7 Å². The first-order chi connectivity index (χ1) is 6.74. The van der Waals surface area contributed by atoms with Gasteiger partial charge < -0.3 is 4.74 Å². The molecule has 2 aromatic rings. The van der Waals surface area contributed by atoms with E-state index in [4.69, 9.17) is 4.74 Å². The lowest BCUT2D eigenvalue weighted by atomic mass is 10.2. The smallest absolute Gasteiger partial charge is 0.180 e. The van der Waals surface area contributed by atoms with Crippen molar-refractivity contribution in [3.63, 3.8) is 0 Å². The molecule has 0 aliphatic carbocycles. The van der Waals surface area contributed by atoms with E-state index in [9.17, 15) is 4.39 Å². The van der Waals surface area contributed by atoms with Crippen LogP contribution in [0.1, 0.15) is 0 Å². The molecule has 5 heteroatoms. The molecule has 80 valence electrons. The van der Waals surface area contributed by atoms with Gasteiger partial charge in [0.15, 0.2) is 11.6 Å². The second-order valence-electron chi connectivity index (χ2n) is 2.77. The van der Waals surface area contributed by atoms with Gasteiger partial charge in [-0.25, -0.2) is 4.39 Å². The Morgan fingerprint density at radius 3 is 2.87 bits per heavy atom. The molecular formula is C10H8Br2FNO. The fourth-order valence-electron chi connectivity index (χ4n) is 1.34. The Morgan fingerprint density at radius 1 is 1.47 bits per heavy atom. The molecule has 0 radical (unpaired) electrons. The largest absolute Gasteiger partial charge is 0.491 e. The lowest BCUT2D eigenvalue weighted by Gasteiger charge is -2.06. The van der Waals surface area contributed by atoms with Crippen LogP contribution in [0.15, 0.2) is 28.9 Å². The lowest BCUT2D eigenvalue weighted by Crippen LogP contribution is -1.92. The first-order valence-corrected chi connectivity index (χ1v) is 4.80. The van der Waals surface area contributed by atoms with Gasteiger partial charge in [-0.15, -0.1) is 17.0 Å². The average molecular weight is 337 g/mol. The maximum atomic E-state index is 13.4. The number of benzene rings is 1. The minimum absolute atomic E-state index is 0. The molecule has 0 saturated heterocycles. The predicted molar refractivity (Wildman–Crippen MR) is 66.3 cm³/mol. The molecule has 2 nitrogen and oxygen atoms in total. The van der Waals surface area contributed by atoms with Crippen molar-refractivity contribution in [2.75, 3.05) is 7.11 Å². The fraction of sp³-hybridized carbons (Fsp3) is 0.100. The summed E-state index contributed by atoms with van der Waals surface area (Å²) in [4.78, 5) is 4.08. The Kier molecular flexibility index (Phi) is 4.04. The van der Waals surface area contributed by atoms with Gasteiger partial charge in [-0.05, 0) is 34.1 Å². The van der Waals surface area contributed by atoms with Crippen LogP contribution < -0.4 is 4.74 Å². The van der Waals surface area contributed by atoms with Crippen LogP contribution in [-0.2, 0) is 0 Å². The molecule has 0 atom stereocenters. The van der Waals surface area contributed by atoms with Crippen molar-refractivity contribution < 1.29 is 9.13 Å². The first-order valence-electron chi connectivity index (χ1n) is 4.00. The van der Waals surface area contributed by atoms with Crippen molar-refractivity contribution in [1.29, 1.82) is 0 Å². The van der Waals surface area contributed by atoms with Crippen molar-refractivity contribution in [1.82, 2.24) is 4.98 Å². The molecule has 0 bridgehead atoms. The van der Waals surface area contributed by atoms with Gasteiger partial charge in [-0.1, -0.05) is 0 Å². The third-order valence-corrected chi connectivity index (χ3v) is 2.61. The predicted octanol–water partition coefficient (Wildman–Crippen LogP) is 3.72. The van der Waals surface area contributed by atoms with Gasteiger partial charge in [-0.2, -0.15) is 0 Å². The molecule has 0 aliphatic rings. The summed E-state index contributed by atoms with van der Waals surface area (Å²) in [5, 5.41) is 0.839. The summed E-state index contributed by atoms with van der Waals surface area (Å²) in [5.74, 6) is -0.227. The van der Waals surface area contributed by atoms with Gasteiger partial charge in [0.1, 0.15) is 5.52 Å². The SMILES string of the molecule is Br.COc1c(F)cc(Br)c2cccnc12. The van der Waals surface area contributed by atoms with Crippen LogP contribution in [0, 0.1) is 5.82 Å². The molecule has 1 aromatic carbocycles. The summed E-state index contributed by atoms with van der Waals surface area (Å²) in [6.07, 6.45) is 1.61. The van der Waals surface area contributed by atoms with E-state index in [1.807, 2.05) is 6.07 Å². The number of aromatic nitrogens is 1. The zero-order valence-corrected chi connectivity index (χ0v) is 11.1. The first kappa shape index (κ1) is 12.4. The summed E-state index contributed by atoms with van der Waals surface area (Å²) >= 11 is 3.28. The molecule has 0 N–H and O–H groups in total. The summed E-state index contributed by atoms with van der Waals surface area (Å²) in [6, 6.07) is 5.03. The number of rotatable bonds is 1. The number of halogens is 3. The highest BCUT2D eigenvalue weighted by molar-refractivity contribution is 9.10. The Morgan fingerprint density at radius 2 is 2.20 bits per heavy atom. The molecule has 1 heterocycles. The summed E-state index contributed by atoms with van der Waals surface area (Å²) < 4.78 is 19.0. The molecule has 0 unspecified atom stereocenters. The maximum Gasteiger partial charge on any atom is 0.180 e. The minimum atomic E-state index is -0.412. The second kappa shape index (κ2) is 4.90. The van der Waals surface area contributed by atoms with Crippen molar-refractivity contribution in [2.45, 2.75) is 0 Å². The fourth-order valence-corrected chi connectivity index (χ4v) is 1.86. The lowest BCUT2D eigenvalue weighted by molar-refractivity contribution is 0.391. The van der Waals surface area contributed by atoms with Crippen molar-refractivity contribution in [2.24, 2.45) is 0 Å². The highest BCUT2D eigenvalue weighted by atomic mass is 79.9. The number of fused-ring (bicyclic) bond motifs is 1. The molecule has 1 aromatic heterocycles. The Labute approximate surface area is 105 Å². The highest BCUT2D eigenvalue weighted by Crippen LogP contribution is 2.32. The Bertz CT molecular complexity index is 490. The van der Waals surface area contributed by atoms with Gasteiger partial charge >= 0.3 is 0 Å². The minimum Gasteiger partial charge on any atom is -0.491 e. The van der Waals surface area contributed by atoms with Crippen LogP contribution in [0.2, 0.25) is 0 Å². The molecule has 0 aliphatic heterocycles. The third kappa shape index (κ3) is 2.13. The molecule has 2 rings (SSSR count). The molecular weight excluding hydrogens is 329 g/mol. The zero-order chi connectivity index (χ0) is 10.1. The summed E-state index contributed by atoms with van der Waals surface area (Å²) in [6.45, 7) is 0. The molecule has 0 spiro atoms. The maximum absolute atomic E-state index is 13.4. The topological polar surface area (TPSA) is 22.1 Å². The molecule has 0 saturated carbocycles. The summed E-state index contributed by atoms with van der Waals surface area (Å²) in [7, 11) is 1.43. The molecule has 0 fully saturated rings. The van der Waals surface area contributed by atoms with Gasteiger partial charge in [0.25, 0.3) is 0 Å². The second-order valence-corrected chi connectivity index (χ2v) is 3.63. The monoisotopic (exact) mass is 335 g/mol. The van der Waals surface area contributed by atoms with E-state index < -0.39 is 5.82 Å². The van der Waals surface area contributed by atoms with E-state index in [0.717, 1.165) is 5.39 Å². The number of pyridine rings is 1. The van der Waals surface area contributed by atoms with E-state index in [0.29, 0.717) is 9.99 Å². The van der Waals surface area contributed by atoms with Crippen molar-refractivity contribution in [3.05, 3.63) is 34.7 Å². The number of hydrogen-bond acceptors (Lipinski definition) is 2. The van der Waals surface area contributed by atoms with Crippen LogP contribution in [0.5, 0.6) is 5.75 Å². The van der Waals surface area contributed by atoms with Gasteiger partial charge in [0.05, 0.1) is 7.11 Å². The van der Waals surface area contributed by atoms with E-state index in [2.05, 4.69) is 20.9 Å². The highest BCUT2D eigenvalue weighted by Gasteiger charge is 2.11. The Balaban J connectivity index is 0.00000112. The molecule has 0 amide bonds. The van der Waals surface area contributed by atoms with Gasteiger partial charge in [0.2, 0.25) is 0 Å². The summed E-state index contributed by atoms with van der Waals surface area (Å²) in [5.41, 5.74) is 0.530. The zero-order valence-electron chi connectivity index (χ0n) is 7.83.